The van der Waals surface area contributed by atoms with Gasteiger partial charge in [0.2, 0.25) is 5.91 Å². The maximum absolute atomic E-state index is 12.1. The molecule has 28 heavy (non-hydrogen) atoms. The second-order valence-corrected chi connectivity index (χ2v) is 7.67. The standard InChI is InChI=1S/C19H24N4O5/c1-19(2,3)28-18(27)21-8-14(25)22-11-4-5-13-12(6-11)15-10(9-24)7-20-17(26)16(15)23-13/h4-6,10,23-24H,7-9H2,1-3H3,(H,20,26)(H,21,27)(H,22,25). The summed E-state index contributed by atoms with van der Waals surface area (Å²) in [6.45, 7) is 5.22. The lowest BCUT2D eigenvalue weighted by molar-refractivity contribution is -0.115. The van der Waals surface area contributed by atoms with Crippen LogP contribution >= 0.6 is 0 Å². The minimum Gasteiger partial charge on any atom is -0.444 e. The number of benzene rings is 1. The van der Waals surface area contributed by atoms with Crippen molar-refractivity contribution in [1.29, 1.82) is 0 Å². The summed E-state index contributed by atoms with van der Waals surface area (Å²) in [5.74, 6) is -0.852. The van der Waals surface area contributed by atoms with Crippen LogP contribution < -0.4 is 16.0 Å². The number of aromatic nitrogens is 1. The van der Waals surface area contributed by atoms with Crippen molar-refractivity contribution in [2.75, 3.05) is 25.0 Å². The predicted octanol–water partition coefficient (Wildman–Crippen LogP) is 1.45. The quantitative estimate of drug-likeness (QED) is 0.541. The zero-order valence-electron chi connectivity index (χ0n) is 16.0. The van der Waals surface area contributed by atoms with Crippen LogP contribution in [0.15, 0.2) is 18.2 Å². The molecule has 9 heteroatoms. The van der Waals surface area contributed by atoms with Crippen molar-refractivity contribution in [2.24, 2.45) is 0 Å². The molecular formula is C19H24N4O5. The fourth-order valence-electron chi connectivity index (χ4n) is 3.13. The number of nitrogens with one attached hydrogen (secondary N) is 4. The normalized spacial score (nSPS) is 16.3. The lowest BCUT2D eigenvalue weighted by Crippen LogP contribution is -2.37. The number of fused-ring (bicyclic) bond motifs is 3. The van der Waals surface area contributed by atoms with Crippen molar-refractivity contribution in [2.45, 2.75) is 32.3 Å². The highest BCUT2D eigenvalue weighted by Crippen LogP contribution is 2.33. The highest BCUT2D eigenvalue weighted by atomic mass is 16.6. The average molecular weight is 388 g/mol. The van der Waals surface area contributed by atoms with Gasteiger partial charge in [0.05, 0.1) is 6.61 Å². The van der Waals surface area contributed by atoms with Crippen LogP contribution in [0.1, 0.15) is 42.7 Å². The van der Waals surface area contributed by atoms with Crippen LogP contribution in [-0.2, 0) is 9.53 Å². The minimum atomic E-state index is -0.672. The Balaban J connectivity index is 1.73. The maximum atomic E-state index is 12.1. The van der Waals surface area contributed by atoms with Crippen LogP contribution in [-0.4, -0.2) is 53.3 Å². The second-order valence-electron chi connectivity index (χ2n) is 7.67. The first-order valence-corrected chi connectivity index (χ1v) is 8.99. The van der Waals surface area contributed by atoms with Gasteiger partial charge in [-0.3, -0.25) is 9.59 Å². The van der Waals surface area contributed by atoms with E-state index in [-0.39, 0.29) is 25.0 Å². The zero-order valence-corrected chi connectivity index (χ0v) is 16.0. The largest absolute Gasteiger partial charge is 0.444 e. The maximum Gasteiger partial charge on any atom is 0.408 e. The first-order valence-electron chi connectivity index (χ1n) is 8.99. The van der Waals surface area contributed by atoms with Crippen molar-refractivity contribution < 1.29 is 24.2 Å². The Hall–Kier alpha value is -3.07. The molecule has 0 bridgehead atoms. The summed E-state index contributed by atoms with van der Waals surface area (Å²) >= 11 is 0. The smallest absolute Gasteiger partial charge is 0.408 e. The van der Waals surface area contributed by atoms with Gasteiger partial charge in [-0.25, -0.2) is 4.79 Å². The summed E-state index contributed by atoms with van der Waals surface area (Å²) in [7, 11) is 0. The number of ether oxygens (including phenoxy) is 1. The second kappa shape index (κ2) is 7.51. The van der Waals surface area contributed by atoms with Crippen LogP contribution in [0.3, 0.4) is 0 Å². The average Bonchev–Trinajstić information content (AvgIpc) is 2.99. The highest BCUT2D eigenvalue weighted by molar-refractivity contribution is 6.04. The van der Waals surface area contributed by atoms with Gasteiger partial charge in [0.15, 0.2) is 0 Å². The van der Waals surface area contributed by atoms with E-state index in [2.05, 4.69) is 20.9 Å². The van der Waals surface area contributed by atoms with Crippen LogP contribution in [0.4, 0.5) is 10.5 Å². The lowest BCUT2D eigenvalue weighted by atomic mass is 9.93. The number of H-pyrrole nitrogens is 1. The molecule has 5 N–H and O–H groups in total. The molecule has 0 saturated carbocycles. The van der Waals surface area contributed by atoms with E-state index in [0.717, 1.165) is 16.5 Å². The monoisotopic (exact) mass is 388 g/mol. The first-order chi connectivity index (χ1) is 13.2. The molecule has 1 aromatic heterocycles. The molecule has 0 aliphatic carbocycles. The molecule has 1 unspecified atom stereocenters. The number of aliphatic hydroxyl groups excluding tert-OH is 1. The summed E-state index contributed by atoms with van der Waals surface area (Å²) < 4.78 is 5.09. The molecule has 1 aliphatic rings. The molecular weight excluding hydrogens is 364 g/mol. The van der Waals surface area contributed by atoms with E-state index in [4.69, 9.17) is 4.74 Å². The molecule has 150 valence electrons. The van der Waals surface area contributed by atoms with Crippen LogP contribution in [0.25, 0.3) is 10.9 Å². The third-order valence-electron chi connectivity index (χ3n) is 4.28. The number of carbonyl (C=O) groups is 3. The van der Waals surface area contributed by atoms with E-state index < -0.39 is 17.6 Å². The molecule has 3 rings (SSSR count). The minimum absolute atomic E-state index is 0.101. The molecule has 1 aliphatic heterocycles. The van der Waals surface area contributed by atoms with Gasteiger partial charge in [-0.05, 0) is 44.5 Å². The van der Waals surface area contributed by atoms with E-state index >= 15 is 0 Å². The van der Waals surface area contributed by atoms with Crippen molar-refractivity contribution in [3.8, 4) is 0 Å². The Bertz CT molecular complexity index is 928. The van der Waals surface area contributed by atoms with E-state index in [1.165, 1.54) is 0 Å². The van der Waals surface area contributed by atoms with E-state index in [9.17, 15) is 19.5 Å². The summed E-state index contributed by atoms with van der Waals surface area (Å²) in [5, 5.41) is 18.2. The lowest BCUT2D eigenvalue weighted by Gasteiger charge is -2.21. The molecule has 2 heterocycles. The number of aromatic amines is 1. The van der Waals surface area contributed by atoms with Gasteiger partial charge >= 0.3 is 6.09 Å². The predicted molar refractivity (Wildman–Crippen MR) is 103 cm³/mol. The van der Waals surface area contributed by atoms with E-state index in [1.54, 1.807) is 39.0 Å². The molecule has 0 fully saturated rings. The number of carbonyl (C=O) groups excluding carboxylic acids is 3. The van der Waals surface area contributed by atoms with Crippen molar-refractivity contribution in [1.82, 2.24) is 15.6 Å². The van der Waals surface area contributed by atoms with Gasteiger partial charge in [0.1, 0.15) is 17.8 Å². The first kappa shape index (κ1) is 19.7. The summed E-state index contributed by atoms with van der Waals surface area (Å²) in [6, 6.07) is 5.20. The van der Waals surface area contributed by atoms with Crippen molar-refractivity contribution in [3.63, 3.8) is 0 Å². The zero-order chi connectivity index (χ0) is 20.5. The highest BCUT2D eigenvalue weighted by Gasteiger charge is 2.29. The molecule has 1 aromatic carbocycles. The molecule has 0 saturated heterocycles. The molecule has 0 spiro atoms. The number of hydrogen-bond donors (Lipinski definition) is 5. The van der Waals surface area contributed by atoms with Gasteiger partial charge in [-0.1, -0.05) is 0 Å². The number of rotatable bonds is 4. The number of hydrogen-bond acceptors (Lipinski definition) is 5. The summed E-state index contributed by atoms with van der Waals surface area (Å²) in [6.07, 6.45) is -0.672. The third kappa shape index (κ3) is 4.25. The fraction of sp³-hybridized carbons (Fsp3) is 0.421. The van der Waals surface area contributed by atoms with E-state index in [0.29, 0.717) is 17.9 Å². The molecule has 0 radical (unpaired) electrons. The molecule has 2 aromatic rings. The van der Waals surface area contributed by atoms with Crippen molar-refractivity contribution in [3.05, 3.63) is 29.5 Å². The van der Waals surface area contributed by atoms with Crippen LogP contribution in [0.2, 0.25) is 0 Å². The summed E-state index contributed by atoms with van der Waals surface area (Å²) in [5.41, 5.74) is 1.78. The van der Waals surface area contributed by atoms with Gasteiger partial charge < -0.3 is 30.8 Å². The topological polar surface area (TPSA) is 133 Å². The van der Waals surface area contributed by atoms with Gasteiger partial charge in [0, 0.05) is 29.1 Å². The molecule has 9 nitrogen and oxygen atoms in total. The van der Waals surface area contributed by atoms with Gasteiger partial charge in [-0.2, -0.15) is 0 Å². The molecule has 1 atom stereocenters. The number of alkyl carbamates (subject to hydrolysis) is 1. The van der Waals surface area contributed by atoms with Crippen LogP contribution in [0, 0.1) is 0 Å². The fourth-order valence-corrected chi connectivity index (χ4v) is 3.13. The SMILES string of the molecule is CC(C)(C)OC(=O)NCC(=O)Nc1ccc2[nH]c3c(c2c1)C(CO)CNC3=O. The Kier molecular flexibility index (Phi) is 5.28. The van der Waals surface area contributed by atoms with Gasteiger partial charge in [0.25, 0.3) is 5.91 Å². The Morgan fingerprint density at radius 1 is 1.32 bits per heavy atom. The number of anilines is 1. The van der Waals surface area contributed by atoms with Crippen molar-refractivity contribution >= 4 is 34.5 Å². The Labute approximate surface area is 161 Å². The van der Waals surface area contributed by atoms with Crippen LogP contribution in [0.5, 0.6) is 0 Å². The van der Waals surface area contributed by atoms with Gasteiger partial charge in [-0.15, -0.1) is 0 Å². The molecule has 3 amide bonds. The Morgan fingerprint density at radius 2 is 2.07 bits per heavy atom. The number of amides is 3. The third-order valence-corrected chi connectivity index (χ3v) is 4.28. The van der Waals surface area contributed by atoms with E-state index in [1.807, 2.05) is 0 Å². The summed E-state index contributed by atoms with van der Waals surface area (Å²) in [4.78, 5) is 38.9. The Morgan fingerprint density at radius 3 is 2.75 bits per heavy atom. The number of aliphatic hydroxyl groups is 1.